The number of halogens is 3. The van der Waals surface area contributed by atoms with Crippen LogP contribution in [0.5, 0.6) is 0 Å². The van der Waals surface area contributed by atoms with E-state index in [4.69, 9.17) is 9.47 Å². The summed E-state index contributed by atoms with van der Waals surface area (Å²) in [7, 11) is -4.78. The van der Waals surface area contributed by atoms with Gasteiger partial charge in [0.1, 0.15) is 11.6 Å². The van der Waals surface area contributed by atoms with Gasteiger partial charge in [0.2, 0.25) is 20.0 Å². The second-order valence-corrected chi connectivity index (χ2v) is 23.4. The molecule has 6 rings (SSSR count). The lowest BCUT2D eigenvalue weighted by molar-refractivity contribution is 0.0858. The van der Waals surface area contributed by atoms with Crippen molar-refractivity contribution in [2.24, 2.45) is 20.0 Å². The van der Waals surface area contributed by atoms with Crippen LogP contribution in [0.15, 0.2) is 58.1 Å². The van der Waals surface area contributed by atoms with Crippen LogP contribution in [-0.4, -0.2) is 83.3 Å². The summed E-state index contributed by atoms with van der Waals surface area (Å²) >= 11 is 2.01. The van der Waals surface area contributed by atoms with Crippen LogP contribution >= 0.6 is 22.6 Å². The molecule has 2 aliphatic carbocycles. The van der Waals surface area contributed by atoms with Crippen LogP contribution in [0.1, 0.15) is 105 Å². The lowest BCUT2D eigenvalue weighted by atomic mass is 9.82. The van der Waals surface area contributed by atoms with Crippen molar-refractivity contribution >= 4 is 54.0 Å². The molecule has 0 spiro atoms. The average Bonchev–Trinajstić information content (AvgIpc) is 4.04. The molecule has 5 N–H and O–H groups in total. The highest BCUT2D eigenvalue weighted by atomic mass is 127. The fraction of sp³-hybridized carbons (Fsp3) is 0.532. The molecule has 370 valence electrons. The molecule has 67 heavy (non-hydrogen) atoms. The maximum absolute atomic E-state index is 14.6. The lowest BCUT2D eigenvalue weighted by Gasteiger charge is -2.40. The van der Waals surface area contributed by atoms with E-state index in [0.29, 0.717) is 67.0 Å². The molecule has 4 aromatic rings. The summed E-state index contributed by atoms with van der Waals surface area (Å²) in [6.07, 6.45) is 1.29. The second kappa shape index (κ2) is 22.8. The fourth-order valence-electron chi connectivity index (χ4n) is 8.08. The minimum atomic E-state index is -3.99. The molecule has 0 aliphatic heterocycles. The van der Waals surface area contributed by atoms with Crippen LogP contribution in [0.4, 0.5) is 20.2 Å². The molecule has 20 heteroatoms. The van der Waals surface area contributed by atoms with Gasteiger partial charge in [-0.1, -0.05) is 38.5 Å². The van der Waals surface area contributed by atoms with Gasteiger partial charge in [-0.15, -0.1) is 0 Å². The van der Waals surface area contributed by atoms with Gasteiger partial charge in [-0.2, -0.15) is 0 Å². The summed E-state index contributed by atoms with van der Waals surface area (Å²) in [5.74, 6) is -0.610. The number of nitrogens with zero attached hydrogens (tertiary/aromatic N) is 2. The summed E-state index contributed by atoms with van der Waals surface area (Å²) in [5.41, 5.74) is 2.40. The number of hydrogen-bond donors (Lipinski definition) is 5. The molecule has 2 heterocycles. The number of aliphatic hydroxyl groups is 3. The summed E-state index contributed by atoms with van der Waals surface area (Å²) in [4.78, 5) is 25.9. The number of rotatable bonds is 22. The molecule has 2 fully saturated rings. The van der Waals surface area contributed by atoms with Crippen molar-refractivity contribution in [1.82, 2.24) is 9.13 Å². The van der Waals surface area contributed by atoms with E-state index in [0.717, 1.165) is 15.6 Å². The number of aromatic nitrogens is 2. The molecule has 2 aromatic carbocycles. The van der Waals surface area contributed by atoms with Gasteiger partial charge < -0.3 is 33.9 Å². The van der Waals surface area contributed by atoms with Gasteiger partial charge in [0.15, 0.2) is 0 Å². The van der Waals surface area contributed by atoms with Gasteiger partial charge in [0.05, 0.1) is 46.8 Å². The first kappa shape index (κ1) is 54.2. The van der Waals surface area contributed by atoms with Crippen molar-refractivity contribution in [2.75, 3.05) is 35.9 Å². The number of anilines is 2. The Labute approximate surface area is 405 Å². The molecular formula is C47H63F2IN4O11S2. The zero-order valence-electron chi connectivity index (χ0n) is 38.8. The van der Waals surface area contributed by atoms with Crippen molar-refractivity contribution < 1.29 is 50.4 Å². The number of ether oxygens (including phenoxy) is 2. The minimum absolute atomic E-state index is 0.00486. The van der Waals surface area contributed by atoms with E-state index < -0.39 is 53.9 Å². The van der Waals surface area contributed by atoms with E-state index in [9.17, 15) is 50.5 Å². The van der Waals surface area contributed by atoms with Gasteiger partial charge in [-0.3, -0.25) is 19.0 Å². The van der Waals surface area contributed by atoms with E-state index >= 15 is 0 Å². The van der Waals surface area contributed by atoms with E-state index in [-0.39, 0.29) is 79.5 Å². The predicted octanol–water partition coefficient (Wildman–Crippen LogP) is 5.92. The van der Waals surface area contributed by atoms with E-state index in [2.05, 4.69) is 9.44 Å². The number of pyridine rings is 2. The number of hydrogen-bond acceptors (Lipinski definition) is 11. The van der Waals surface area contributed by atoms with Crippen molar-refractivity contribution in [3.8, 4) is 0 Å². The van der Waals surface area contributed by atoms with E-state index in [1.807, 2.05) is 36.4 Å². The fourth-order valence-corrected chi connectivity index (χ4v) is 12.1. The Kier molecular flexibility index (Phi) is 18.4. The van der Waals surface area contributed by atoms with Crippen LogP contribution in [0.25, 0.3) is 0 Å². The lowest BCUT2D eigenvalue weighted by Crippen LogP contribution is -2.49. The summed E-state index contributed by atoms with van der Waals surface area (Å²) in [6.45, 7) is 7.64. The zero-order chi connectivity index (χ0) is 49.5. The van der Waals surface area contributed by atoms with Crippen molar-refractivity contribution in [3.63, 3.8) is 0 Å². The number of nitrogens with one attached hydrogen (secondary N) is 2. The summed E-state index contributed by atoms with van der Waals surface area (Å²) < 4.78 is 100. The first-order valence-corrected chi connectivity index (χ1v) is 26.3. The summed E-state index contributed by atoms with van der Waals surface area (Å²) in [5, 5.41) is 28.5. The number of benzene rings is 2. The van der Waals surface area contributed by atoms with Gasteiger partial charge in [0.25, 0.3) is 11.1 Å². The predicted molar refractivity (Wildman–Crippen MR) is 262 cm³/mol. The minimum Gasteiger partial charge on any atom is -0.396 e. The average molecular weight is 1090 g/mol. The van der Waals surface area contributed by atoms with Crippen molar-refractivity contribution in [3.05, 3.63) is 124 Å². The molecule has 15 nitrogen and oxygen atoms in total. The van der Waals surface area contributed by atoms with Gasteiger partial charge in [-0.25, -0.2) is 25.6 Å². The van der Waals surface area contributed by atoms with Crippen LogP contribution in [-0.2, 0) is 69.7 Å². The standard InChI is InChI=1S/C25H35FN2O6S.C22H28FIN2O5S/c1-16(2)14-34-15-19-10-22(27-35(32,33)25(7-8-25)12-20(30)13-29)23(28(4)24(19)31)11-18-6-5-17(3)9-21(18)26;1-3-31-14-16-11-19(25-32(29,30)22(9-10-27)7-4-8-22)20(26(2)21(16)28)12-15-5-6-17(24)13-18(15)23/h5-6,9-10,16,20,27,29-30H,7-8,11-15H2,1-4H3;5-6,11,13,25,27H,3-4,7-10,12,14H2,1-2H3. The molecule has 1 atom stereocenters. The molecule has 0 bridgehead atoms. The Morgan fingerprint density at radius 2 is 1.27 bits per heavy atom. The monoisotopic (exact) mass is 1090 g/mol. The molecular weight excluding hydrogens is 1030 g/mol. The SMILES string of the molecule is CCOCc1cc(NS(=O)(=O)C2(CCO)CCC2)c(Cc2ccc(I)cc2F)n(C)c1=O.Cc1ccc(Cc2c(NS(=O)(=O)C3(CC(O)CO)CC3)cc(COCC(C)C)c(=O)n2C)c(F)c1. The highest BCUT2D eigenvalue weighted by Gasteiger charge is 2.55. The highest BCUT2D eigenvalue weighted by Crippen LogP contribution is 2.48. The quantitative estimate of drug-likeness (QED) is 0.0583. The maximum atomic E-state index is 14.6. The maximum Gasteiger partial charge on any atom is 0.256 e. The third-order valence-electron chi connectivity index (χ3n) is 12.4. The molecule has 2 saturated carbocycles. The van der Waals surface area contributed by atoms with Gasteiger partial charge in [0, 0.05) is 72.8 Å². The molecule has 0 amide bonds. The van der Waals surface area contributed by atoms with Crippen molar-refractivity contribution in [1.29, 1.82) is 0 Å². The van der Waals surface area contributed by atoms with E-state index in [1.54, 1.807) is 45.2 Å². The normalized spacial score (nSPS) is 15.7. The number of sulfonamides is 2. The first-order chi connectivity index (χ1) is 31.5. The van der Waals surface area contributed by atoms with Crippen LogP contribution < -0.4 is 20.6 Å². The van der Waals surface area contributed by atoms with Gasteiger partial charge >= 0.3 is 0 Å². The van der Waals surface area contributed by atoms with Crippen LogP contribution in [0.2, 0.25) is 0 Å². The zero-order valence-corrected chi connectivity index (χ0v) is 42.6. The first-order valence-electron chi connectivity index (χ1n) is 22.3. The Balaban J connectivity index is 0.000000252. The Bertz CT molecular complexity index is 2740. The van der Waals surface area contributed by atoms with E-state index in [1.165, 1.54) is 40.4 Å². The second-order valence-electron chi connectivity index (χ2n) is 18.0. The Morgan fingerprint density at radius 3 is 1.70 bits per heavy atom. The Morgan fingerprint density at radius 1 is 0.761 bits per heavy atom. The number of aryl methyl sites for hydroxylation is 1. The molecule has 2 aromatic heterocycles. The topological polar surface area (TPSA) is 215 Å². The number of aliphatic hydroxyl groups excluding tert-OH is 3. The molecule has 2 aliphatic rings. The molecule has 0 radical (unpaired) electrons. The Hall–Kier alpha value is -3.77. The van der Waals surface area contributed by atoms with Gasteiger partial charge in [-0.05, 0) is 128 Å². The smallest absolute Gasteiger partial charge is 0.256 e. The van der Waals surface area contributed by atoms with Crippen molar-refractivity contribution in [2.45, 2.75) is 114 Å². The largest absolute Gasteiger partial charge is 0.396 e. The van der Waals surface area contributed by atoms with Crippen LogP contribution in [0, 0.1) is 28.0 Å². The molecule has 1 unspecified atom stereocenters. The third kappa shape index (κ3) is 12.9. The highest BCUT2D eigenvalue weighted by molar-refractivity contribution is 14.1. The summed E-state index contributed by atoms with van der Waals surface area (Å²) in [6, 6.07) is 12.5. The third-order valence-corrected chi connectivity index (χ3v) is 17.5. The van der Waals surface area contributed by atoms with Crippen LogP contribution in [0.3, 0.4) is 0 Å². The molecule has 0 saturated heterocycles.